The Kier molecular flexibility index (Phi) is 5.21. The van der Waals surface area contributed by atoms with Crippen molar-refractivity contribution >= 4 is 40.4 Å². The Morgan fingerprint density at radius 2 is 1.92 bits per heavy atom. The molecule has 6 heteroatoms. The summed E-state index contributed by atoms with van der Waals surface area (Å²) in [6.07, 6.45) is 1.83. The minimum absolute atomic E-state index is 0.710. The van der Waals surface area contributed by atoms with Crippen molar-refractivity contribution < 1.29 is 0 Å². The first-order valence-corrected chi connectivity index (χ1v) is 8.82. The SMILES string of the molecule is Cc1cc(C)c(NC(=S)N2CCN(c3ccccn3)CC2)c(Cl)c1. The van der Waals surface area contributed by atoms with Gasteiger partial charge in [-0.2, -0.15) is 0 Å². The quantitative estimate of drug-likeness (QED) is 0.822. The average molecular weight is 361 g/mol. The highest BCUT2D eigenvalue weighted by Crippen LogP contribution is 2.27. The second-order valence-corrected chi connectivity index (χ2v) is 6.82. The van der Waals surface area contributed by atoms with Gasteiger partial charge >= 0.3 is 0 Å². The molecule has 0 spiro atoms. The summed E-state index contributed by atoms with van der Waals surface area (Å²) in [5, 5.41) is 4.76. The van der Waals surface area contributed by atoms with Crippen LogP contribution in [0, 0.1) is 13.8 Å². The van der Waals surface area contributed by atoms with Crippen LogP contribution in [0.15, 0.2) is 36.5 Å². The lowest BCUT2D eigenvalue weighted by Crippen LogP contribution is -2.50. The molecule has 126 valence electrons. The van der Waals surface area contributed by atoms with E-state index in [2.05, 4.69) is 26.2 Å². The highest BCUT2D eigenvalue weighted by atomic mass is 35.5. The molecular weight excluding hydrogens is 340 g/mol. The van der Waals surface area contributed by atoms with Crippen molar-refractivity contribution in [1.29, 1.82) is 0 Å². The summed E-state index contributed by atoms with van der Waals surface area (Å²) >= 11 is 11.9. The summed E-state index contributed by atoms with van der Waals surface area (Å²) in [5.41, 5.74) is 3.16. The van der Waals surface area contributed by atoms with Gasteiger partial charge in [0.15, 0.2) is 5.11 Å². The van der Waals surface area contributed by atoms with Crippen LogP contribution >= 0.6 is 23.8 Å². The lowest BCUT2D eigenvalue weighted by Gasteiger charge is -2.37. The van der Waals surface area contributed by atoms with E-state index >= 15 is 0 Å². The van der Waals surface area contributed by atoms with Crippen LogP contribution < -0.4 is 10.2 Å². The van der Waals surface area contributed by atoms with Gasteiger partial charge < -0.3 is 15.1 Å². The fraction of sp³-hybridized carbons (Fsp3) is 0.333. The lowest BCUT2D eigenvalue weighted by atomic mass is 10.1. The summed E-state index contributed by atoms with van der Waals surface area (Å²) in [4.78, 5) is 8.88. The molecule has 0 radical (unpaired) electrons. The van der Waals surface area contributed by atoms with Crippen LogP contribution in [0.5, 0.6) is 0 Å². The van der Waals surface area contributed by atoms with Gasteiger partial charge in [0, 0.05) is 32.4 Å². The number of thiocarbonyl (C=S) groups is 1. The first-order valence-electron chi connectivity index (χ1n) is 8.03. The lowest BCUT2D eigenvalue weighted by molar-refractivity contribution is 0.389. The molecule has 1 N–H and O–H groups in total. The molecule has 1 aromatic carbocycles. The van der Waals surface area contributed by atoms with E-state index in [1.807, 2.05) is 44.3 Å². The molecule has 3 rings (SSSR count). The second kappa shape index (κ2) is 7.36. The standard InChI is InChI=1S/C18H21ClN4S/c1-13-11-14(2)17(15(19)12-13)21-18(24)23-9-7-22(8-10-23)16-5-3-4-6-20-16/h3-6,11-12H,7-10H2,1-2H3,(H,21,24). The molecular formula is C18H21ClN4S. The van der Waals surface area contributed by atoms with Gasteiger partial charge in [-0.1, -0.05) is 23.7 Å². The molecule has 24 heavy (non-hydrogen) atoms. The number of benzene rings is 1. The summed E-state index contributed by atoms with van der Waals surface area (Å²) in [5.74, 6) is 1.02. The van der Waals surface area contributed by atoms with Gasteiger partial charge in [0.05, 0.1) is 10.7 Å². The van der Waals surface area contributed by atoms with Gasteiger partial charge in [0.1, 0.15) is 5.82 Å². The first-order chi connectivity index (χ1) is 11.5. The molecule has 0 aliphatic carbocycles. The third-order valence-electron chi connectivity index (χ3n) is 4.20. The number of nitrogens with zero attached hydrogens (tertiary/aromatic N) is 3. The maximum atomic E-state index is 6.36. The number of pyridine rings is 1. The van der Waals surface area contributed by atoms with Crippen molar-refractivity contribution in [3.05, 3.63) is 52.7 Å². The van der Waals surface area contributed by atoms with Crippen LogP contribution in [0.1, 0.15) is 11.1 Å². The van der Waals surface area contributed by atoms with E-state index in [1.165, 1.54) is 0 Å². The van der Waals surface area contributed by atoms with Crippen molar-refractivity contribution in [3.63, 3.8) is 0 Å². The van der Waals surface area contributed by atoms with Gasteiger partial charge in [-0.3, -0.25) is 0 Å². The Morgan fingerprint density at radius 3 is 2.54 bits per heavy atom. The third kappa shape index (κ3) is 3.79. The minimum atomic E-state index is 0.710. The van der Waals surface area contributed by atoms with E-state index in [-0.39, 0.29) is 0 Å². The second-order valence-electron chi connectivity index (χ2n) is 6.03. The Morgan fingerprint density at radius 1 is 1.17 bits per heavy atom. The van der Waals surface area contributed by atoms with Crippen LogP contribution in [-0.2, 0) is 0 Å². The van der Waals surface area contributed by atoms with E-state index in [0.29, 0.717) is 5.02 Å². The minimum Gasteiger partial charge on any atom is -0.353 e. The number of anilines is 2. The maximum Gasteiger partial charge on any atom is 0.173 e. The van der Waals surface area contributed by atoms with E-state index in [4.69, 9.17) is 23.8 Å². The van der Waals surface area contributed by atoms with Crippen LogP contribution in [0.25, 0.3) is 0 Å². The Bertz CT molecular complexity index is 704. The number of aryl methyl sites for hydroxylation is 2. The Labute approximate surface area is 153 Å². The van der Waals surface area contributed by atoms with Gasteiger partial charge in [0.2, 0.25) is 0 Å². The highest BCUT2D eigenvalue weighted by Gasteiger charge is 2.20. The highest BCUT2D eigenvalue weighted by molar-refractivity contribution is 7.80. The largest absolute Gasteiger partial charge is 0.353 e. The van der Waals surface area contributed by atoms with E-state index in [9.17, 15) is 0 Å². The summed E-state index contributed by atoms with van der Waals surface area (Å²) in [7, 11) is 0. The van der Waals surface area contributed by atoms with Gasteiger partial charge in [0.25, 0.3) is 0 Å². The third-order valence-corrected chi connectivity index (χ3v) is 4.86. The number of hydrogen-bond acceptors (Lipinski definition) is 3. The van der Waals surface area contributed by atoms with Crippen LogP contribution in [0.4, 0.5) is 11.5 Å². The summed E-state index contributed by atoms with van der Waals surface area (Å²) in [6, 6.07) is 10.1. The molecule has 1 aliphatic heterocycles. The van der Waals surface area contributed by atoms with Crippen LogP contribution in [-0.4, -0.2) is 41.2 Å². The number of piperazine rings is 1. The number of nitrogens with one attached hydrogen (secondary N) is 1. The van der Waals surface area contributed by atoms with E-state index < -0.39 is 0 Å². The van der Waals surface area contributed by atoms with E-state index in [1.54, 1.807) is 0 Å². The first kappa shape index (κ1) is 17.0. The molecule has 0 unspecified atom stereocenters. The topological polar surface area (TPSA) is 31.4 Å². The molecule has 1 aliphatic rings. The van der Waals surface area contributed by atoms with Crippen molar-refractivity contribution in [3.8, 4) is 0 Å². The molecule has 4 nitrogen and oxygen atoms in total. The van der Waals surface area contributed by atoms with Gasteiger partial charge in [-0.05, 0) is 55.4 Å². The molecule has 2 heterocycles. The molecule has 1 fully saturated rings. The Hall–Kier alpha value is -1.85. The number of halogens is 1. The normalized spacial score (nSPS) is 14.6. The monoisotopic (exact) mass is 360 g/mol. The predicted octanol–water partition coefficient (Wildman–Crippen LogP) is 3.87. The fourth-order valence-corrected chi connectivity index (χ4v) is 3.59. The average Bonchev–Trinajstić information content (AvgIpc) is 2.59. The number of hydrogen-bond donors (Lipinski definition) is 1. The molecule has 2 aromatic rings. The smallest absolute Gasteiger partial charge is 0.173 e. The molecule has 1 saturated heterocycles. The molecule has 1 aromatic heterocycles. The van der Waals surface area contributed by atoms with Gasteiger partial charge in [-0.15, -0.1) is 0 Å². The Balaban J connectivity index is 1.62. The summed E-state index contributed by atoms with van der Waals surface area (Å²) in [6.45, 7) is 7.62. The van der Waals surface area contributed by atoms with Gasteiger partial charge in [-0.25, -0.2) is 4.98 Å². The van der Waals surface area contributed by atoms with Crippen molar-refractivity contribution in [1.82, 2.24) is 9.88 Å². The van der Waals surface area contributed by atoms with Crippen molar-refractivity contribution in [2.45, 2.75) is 13.8 Å². The summed E-state index contributed by atoms with van der Waals surface area (Å²) < 4.78 is 0. The zero-order chi connectivity index (χ0) is 17.1. The molecule has 0 saturated carbocycles. The van der Waals surface area contributed by atoms with Crippen molar-refractivity contribution in [2.75, 3.05) is 36.4 Å². The molecule has 0 amide bonds. The zero-order valence-electron chi connectivity index (χ0n) is 13.9. The van der Waals surface area contributed by atoms with Crippen molar-refractivity contribution in [2.24, 2.45) is 0 Å². The number of rotatable bonds is 2. The van der Waals surface area contributed by atoms with Crippen LogP contribution in [0.3, 0.4) is 0 Å². The predicted molar refractivity (Wildman–Crippen MR) is 105 cm³/mol. The maximum absolute atomic E-state index is 6.36. The molecule has 0 bridgehead atoms. The zero-order valence-corrected chi connectivity index (χ0v) is 15.5. The van der Waals surface area contributed by atoms with E-state index in [0.717, 1.165) is 53.9 Å². The van der Waals surface area contributed by atoms with Crippen LogP contribution in [0.2, 0.25) is 5.02 Å². The molecule has 0 atom stereocenters. The fourth-order valence-electron chi connectivity index (χ4n) is 2.94. The number of aromatic nitrogens is 1.